The number of carbonyl (C=O) groups excluding carboxylic acids is 4. The minimum Gasteiger partial charge on any atom is -0.494 e. The van der Waals surface area contributed by atoms with Gasteiger partial charge in [0.05, 0.1) is 6.61 Å². The molecule has 2 rings (SSSR count). The number of rotatable bonds is 7. The molecule has 1 aliphatic heterocycles. The van der Waals surface area contributed by atoms with Crippen molar-refractivity contribution in [1.29, 1.82) is 0 Å². The average Bonchev–Trinajstić information content (AvgIpc) is 2.77. The van der Waals surface area contributed by atoms with Crippen LogP contribution in [0, 0.1) is 0 Å². The first-order chi connectivity index (χ1) is 18.8. The maximum atomic E-state index is 13.0. The van der Waals surface area contributed by atoms with E-state index in [0.29, 0.717) is 30.7 Å². The summed E-state index contributed by atoms with van der Waals surface area (Å²) in [6.07, 6.45) is -0.492. The molecule has 0 fully saturated rings. The van der Waals surface area contributed by atoms with Crippen LogP contribution in [0.25, 0.3) is 0 Å². The normalized spacial score (nSPS) is 13.5. The number of amides is 3. The summed E-state index contributed by atoms with van der Waals surface area (Å²) < 4.78 is 21.6. The predicted molar refractivity (Wildman–Crippen MR) is 153 cm³/mol. The van der Waals surface area contributed by atoms with Crippen LogP contribution in [0.1, 0.15) is 84.7 Å². The lowest BCUT2D eigenvalue weighted by atomic mass is 9.98. The van der Waals surface area contributed by atoms with Gasteiger partial charge in [-0.25, -0.2) is 9.59 Å². The fourth-order valence-electron chi connectivity index (χ4n) is 3.63. The van der Waals surface area contributed by atoms with Gasteiger partial charge in [-0.05, 0) is 86.4 Å². The molecule has 0 unspecified atom stereocenters. The molecule has 1 heterocycles. The third-order valence-corrected chi connectivity index (χ3v) is 5.07. The molecule has 1 aromatic carbocycles. The number of aliphatic imine (C=N–C) groups is 1. The van der Waals surface area contributed by atoms with Gasteiger partial charge in [-0.3, -0.25) is 25.2 Å². The standard InChI is InChI=1S/C29H44N4O8/c1-27(2,3)39-22(34)18-33-15-13-19-11-12-20(17-21(19)23(33)35)38-16-10-14-30-24(31-25(36)40-28(4,5)6)32-26(37)41-29(7,8)9/h11-12,17H,10,13-16,18H2,1-9H3,(H2,30,31,32,36,37). The molecule has 0 atom stereocenters. The van der Waals surface area contributed by atoms with Gasteiger partial charge in [-0.15, -0.1) is 0 Å². The second kappa shape index (κ2) is 13.7. The maximum Gasteiger partial charge on any atom is 0.414 e. The monoisotopic (exact) mass is 576 g/mol. The Hall–Kier alpha value is -3.83. The number of hydrogen-bond donors (Lipinski definition) is 2. The molecule has 0 spiro atoms. The van der Waals surface area contributed by atoms with Crippen LogP contribution in [0.2, 0.25) is 0 Å². The smallest absolute Gasteiger partial charge is 0.414 e. The fraction of sp³-hybridized carbons (Fsp3) is 0.621. The minimum atomic E-state index is -0.775. The Labute approximate surface area is 242 Å². The zero-order chi connectivity index (χ0) is 31.0. The van der Waals surface area contributed by atoms with Crippen LogP contribution in [-0.2, 0) is 25.4 Å². The topological polar surface area (TPSA) is 145 Å². The van der Waals surface area contributed by atoms with E-state index >= 15 is 0 Å². The molecular formula is C29H44N4O8. The Kier molecular flexibility index (Phi) is 11.1. The molecule has 0 radical (unpaired) electrons. The lowest BCUT2D eigenvalue weighted by molar-refractivity contribution is -0.155. The van der Waals surface area contributed by atoms with Crippen molar-refractivity contribution >= 4 is 30.0 Å². The van der Waals surface area contributed by atoms with Crippen LogP contribution < -0.4 is 15.4 Å². The number of hydrogen-bond acceptors (Lipinski definition) is 9. The SMILES string of the molecule is CC(C)(C)OC(=O)CN1CCc2ccc(OCCCN=C(NC(=O)OC(C)(C)C)NC(=O)OC(C)(C)C)cc2C1=O. The van der Waals surface area contributed by atoms with E-state index in [-0.39, 0.29) is 31.6 Å². The summed E-state index contributed by atoms with van der Waals surface area (Å²) in [5.74, 6) is -0.320. The first-order valence-corrected chi connectivity index (χ1v) is 13.6. The Bertz CT molecular complexity index is 1110. The van der Waals surface area contributed by atoms with E-state index in [0.717, 1.165) is 5.56 Å². The zero-order valence-corrected chi connectivity index (χ0v) is 25.6. The van der Waals surface area contributed by atoms with Gasteiger partial charge >= 0.3 is 18.2 Å². The van der Waals surface area contributed by atoms with Gasteiger partial charge < -0.3 is 23.8 Å². The molecule has 0 aliphatic carbocycles. The predicted octanol–water partition coefficient (Wildman–Crippen LogP) is 4.20. The second-order valence-electron chi connectivity index (χ2n) is 12.6. The minimum absolute atomic E-state index is 0.113. The first-order valence-electron chi connectivity index (χ1n) is 13.6. The van der Waals surface area contributed by atoms with E-state index in [1.54, 1.807) is 74.4 Å². The van der Waals surface area contributed by atoms with E-state index in [2.05, 4.69) is 15.6 Å². The molecule has 0 aromatic heterocycles. The summed E-state index contributed by atoms with van der Waals surface area (Å²) in [5, 5.41) is 4.86. The van der Waals surface area contributed by atoms with Gasteiger partial charge in [0, 0.05) is 25.1 Å². The largest absolute Gasteiger partial charge is 0.494 e. The molecule has 1 aromatic rings. The molecule has 0 bridgehead atoms. The number of fused-ring (bicyclic) bond motifs is 1. The zero-order valence-electron chi connectivity index (χ0n) is 25.6. The Morgan fingerprint density at radius 3 is 1.98 bits per heavy atom. The molecule has 0 saturated carbocycles. The molecular weight excluding hydrogens is 532 g/mol. The number of ether oxygens (including phenoxy) is 4. The molecule has 2 N–H and O–H groups in total. The van der Waals surface area contributed by atoms with Crippen molar-refractivity contribution in [2.24, 2.45) is 4.99 Å². The van der Waals surface area contributed by atoms with Crippen LogP contribution in [-0.4, -0.2) is 78.0 Å². The highest BCUT2D eigenvalue weighted by atomic mass is 16.6. The van der Waals surface area contributed by atoms with Gasteiger partial charge in [0.1, 0.15) is 29.1 Å². The highest BCUT2D eigenvalue weighted by Gasteiger charge is 2.28. The van der Waals surface area contributed by atoms with Gasteiger partial charge in [0.2, 0.25) is 5.96 Å². The third kappa shape index (κ3) is 12.9. The number of alkyl carbamates (subject to hydrolysis) is 2. The fourth-order valence-corrected chi connectivity index (χ4v) is 3.63. The van der Waals surface area contributed by atoms with Gasteiger partial charge in [-0.2, -0.15) is 0 Å². The van der Waals surface area contributed by atoms with Crippen molar-refractivity contribution < 1.29 is 38.1 Å². The van der Waals surface area contributed by atoms with Gasteiger partial charge in [-0.1, -0.05) is 6.07 Å². The Morgan fingerprint density at radius 1 is 0.878 bits per heavy atom. The van der Waals surface area contributed by atoms with Crippen LogP contribution in [0.4, 0.5) is 9.59 Å². The molecule has 3 amide bonds. The quantitative estimate of drug-likeness (QED) is 0.162. The van der Waals surface area contributed by atoms with Gasteiger partial charge in [0.25, 0.3) is 5.91 Å². The number of benzene rings is 1. The van der Waals surface area contributed by atoms with Crippen molar-refractivity contribution in [3.05, 3.63) is 29.3 Å². The molecule has 1 aliphatic rings. The van der Waals surface area contributed by atoms with E-state index in [9.17, 15) is 19.2 Å². The van der Waals surface area contributed by atoms with Crippen molar-refractivity contribution in [2.45, 2.75) is 92.0 Å². The van der Waals surface area contributed by atoms with E-state index in [4.69, 9.17) is 18.9 Å². The number of carbonyl (C=O) groups is 4. The average molecular weight is 577 g/mol. The van der Waals surface area contributed by atoms with Crippen LogP contribution >= 0.6 is 0 Å². The van der Waals surface area contributed by atoms with Crippen molar-refractivity contribution in [3.8, 4) is 5.75 Å². The van der Waals surface area contributed by atoms with E-state index < -0.39 is 35.0 Å². The molecule has 12 nitrogen and oxygen atoms in total. The number of esters is 1. The van der Waals surface area contributed by atoms with E-state index in [1.165, 1.54) is 4.90 Å². The molecule has 12 heteroatoms. The summed E-state index contributed by atoms with van der Waals surface area (Å²) in [6.45, 7) is 16.4. The number of guanidine groups is 1. The lowest BCUT2D eigenvalue weighted by Gasteiger charge is -2.29. The molecule has 228 valence electrons. The van der Waals surface area contributed by atoms with Crippen LogP contribution in [0.5, 0.6) is 5.75 Å². The van der Waals surface area contributed by atoms with Gasteiger partial charge in [0.15, 0.2) is 0 Å². The van der Waals surface area contributed by atoms with Crippen molar-refractivity contribution in [3.63, 3.8) is 0 Å². The van der Waals surface area contributed by atoms with E-state index in [1.807, 2.05) is 6.07 Å². The van der Waals surface area contributed by atoms with Crippen molar-refractivity contribution in [1.82, 2.24) is 15.5 Å². The summed E-state index contributed by atoms with van der Waals surface area (Å²) >= 11 is 0. The molecule has 0 saturated heterocycles. The second-order valence-corrected chi connectivity index (χ2v) is 12.6. The van der Waals surface area contributed by atoms with Crippen LogP contribution in [0.3, 0.4) is 0 Å². The van der Waals surface area contributed by atoms with Crippen LogP contribution in [0.15, 0.2) is 23.2 Å². The highest BCUT2D eigenvalue weighted by molar-refractivity contribution is 6.01. The highest BCUT2D eigenvalue weighted by Crippen LogP contribution is 2.24. The maximum absolute atomic E-state index is 13.0. The molecule has 41 heavy (non-hydrogen) atoms. The summed E-state index contributed by atoms with van der Waals surface area (Å²) in [5.41, 5.74) is -0.730. The lowest BCUT2D eigenvalue weighted by Crippen LogP contribution is -2.47. The summed E-state index contributed by atoms with van der Waals surface area (Å²) in [4.78, 5) is 55.4. The number of nitrogens with zero attached hydrogens (tertiary/aromatic N) is 2. The Balaban J connectivity index is 1.97. The summed E-state index contributed by atoms with van der Waals surface area (Å²) in [7, 11) is 0. The third-order valence-electron chi connectivity index (χ3n) is 5.07. The number of nitrogens with one attached hydrogen (secondary N) is 2. The first kappa shape index (κ1) is 33.4. The summed E-state index contributed by atoms with van der Waals surface area (Å²) in [6, 6.07) is 5.30. The Morgan fingerprint density at radius 2 is 1.44 bits per heavy atom. The van der Waals surface area contributed by atoms with Crippen molar-refractivity contribution in [2.75, 3.05) is 26.2 Å².